The monoisotopic (exact) mass is 280 g/mol. The van der Waals surface area contributed by atoms with Crippen LogP contribution in [0.4, 0.5) is 0 Å². The Bertz CT molecular complexity index is 776. The fourth-order valence-corrected chi connectivity index (χ4v) is 2.40. The molecule has 0 aliphatic rings. The second-order valence-electron chi connectivity index (χ2n) is 4.65. The van der Waals surface area contributed by atoms with Gasteiger partial charge in [0, 0.05) is 5.03 Å². The van der Waals surface area contributed by atoms with Crippen molar-refractivity contribution >= 4 is 33.5 Å². The zero-order valence-corrected chi connectivity index (χ0v) is 11.5. The van der Waals surface area contributed by atoms with Crippen molar-refractivity contribution in [2.75, 3.05) is 0 Å². The average Bonchev–Trinajstić information content (AvgIpc) is 2.47. The van der Waals surface area contributed by atoms with Gasteiger partial charge in [-0.15, -0.1) is 0 Å². The van der Waals surface area contributed by atoms with Gasteiger partial charge < -0.3 is 5.11 Å². The van der Waals surface area contributed by atoms with Gasteiger partial charge in [0.25, 0.3) is 0 Å². The minimum absolute atomic E-state index is 0.274. The maximum atomic E-state index is 9.47. The van der Waals surface area contributed by atoms with Gasteiger partial charge in [-0.25, -0.2) is 0 Å². The highest BCUT2D eigenvalue weighted by atomic mass is 35.5. The Morgan fingerprint density at radius 2 is 1.55 bits per heavy atom. The van der Waals surface area contributed by atoms with E-state index in [1.807, 2.05) is 60.7 Å². The summed E-state index contributed by atoms with van der Waals surface area (Å²) in [6.07, 6.45) is 1.95. The zero-order chi connectivity index (χ0) is 13.9. The molecule has 0 aromatic heterocycles. The second-order valence-corrected chi connectivity index (χ2v) is 5.06. The van der Waals surface area contributed by atoms with Gasteiger partial charge in [-0.05, 0) is 46.2 Å². The Kier molecular flexibility index (Phi) is 3.44. The number of phenolic OH excluding ortho intramolecular Hbond substituents is 1. The van der Waals surface area contributed by atoms with Crippen LogP contribution < -0.4 is 0 Å². The highest BCUT2D eigenvalue weighted by Crippen LogP contribution is 2.27. The summed E-state index contributed by atoms with van der Waals surface area (Å²) < 4.78 is 0. The fourth-order valence-electron chi connectivity index (χ4n) is 2.16. The predicted molar refractivity (Wildman–Crippen MR) is 85.8 cm³/mol. The maximum absolute atomic E-state index is 9.47. The van der Waals surface area contributed by atoms with E-state index in [2.05, 4.69) is 0 Å². The third-order valence-corrected chi connectivity index (χ3v) is 3.52. The molecule has 98 valence electrons. The molecule has 2 heteroatoms. The van der Waals surface area contributed by atoms with E-state index in [4.69, 9.17) is 11.6 Å². The predicted octanol–water partition coefficient (Wildman–Crippen LogP) is 5.28. The Labute approximate surface area is 122 Å². The lowest BCUT2D eigenvalue weighted by atomic mass is 10.1. The molecule has 3 rings (SSSR count). The highest BCUT2D eigenvalue weighted by molar-refractivity contribution is 6.51. The number of hydrogen-bond acceptors (Lipinski definition) is 1. The summed E-state index contributed by atoms with van der Waals surface area (Å²) in [4.78, 5) is 0. The van der Waals surface area contributed by atoms with Crippen molar-refractivity contribution in [2.45, 2.75) is 0 Å². The molecule has 0 aliphatic heterocycles. The van der Waals surface area contributed by atoms with Crippen LogP contribution >= 0.6 is 11.6 Å². The third-order valence-electron chi connectivity index (χ3n) is 3.19. The van der Waals surface area contributed by atoms with Crippen molar-refractivity contribution in [1.82, 2.24) is 0 Å². The lowest BCUT2D eigenvalue weighted by Crippen LogP contribution is -1.80. The Balaban J connectivity index is 2.02. The van der Waals surface area contributed by atoms with Gasteiger partial charge in [-0.1, -0.05) is 60.1 Å². The molecule has 0 unspecified atom stereocenters. The molecule has 0 amide bonds. The summed E-state index contributed by atoms with van der Waals surface area (Å²) in [6, 6.07) is 21.2. The summed E-state index contributed by atoms with van der Waals surface area (Å²) in [5.74, 6) is 0.274. The van der Waals surface area contributed by atoms with Gasteiger partial charge in [0.15, 0.2) is 0 Å². The van der Waals surface area contributed by atoms with E-state index in [1.54, 1.807) is 12.1 Å². The molecule has 3 aromatic rings. The second kappa shape index (κ2) is 5.40. The molecule has 0 bridgehead atoms. The first-order valence-corrected chi connectivity index (χ1v) is 6.75. The molecule has 0 spiro atoms. The van der Waals surface area contributed by atoms with Crippen LogP contribution in [0.2, 0.25) is 0 Å². The van der Waals surface area contributed by atoms with Crippen LogP contribution in [-0.4, -0.2) is 5.11 Å². The van der Waals surface area contributed by atoms with E-state index in [0.717, 1.165) is 21.9 Å². The number of hydrogen-bond donors (Lipinski definition) is 1. The molecule has 0 fully saturated rings. The van der Waals surface area contributed by atoms with Crippen molar-refractivity contribution in [3.8, 4) is 5.75 Å². The van der Waals surface area contributed by atoms with E-state index in [1.165, 1.54) is 0 Å². The summed E-state index contributed by atoms with van der Waals surface area (Å²) in [6.45, 7) is 0. The van der Waals surface area contributed by atoms with Crippen LogP contribution in [0.1, 0.15) is 11.1 Å². The SMILES string of the molecule is Oc1ccc2cc(/C(Cl)=C/c3ccccc3)ccc2c1. The standard InChI is InChI=1S/C18H13ClO/c19-18(10-13-4-2-1-3-5-13)16-7-6-15-12-17(20)9-8-14(15)11-16/h1-12,20H/b18-10-. The van der Waals surface area contributed by atoms with E-state index < -0.39 is 0 Å². The summed E-state index contributed by atoms with van der Waals surface area (Å²) in [5, 5.41) is 12.2. The van der Waals surface area contributed by atoms with Crippen molar-refractivity contribution in [3.63, 3.8) is 0 Å². The number of aromatic hydroxyl groups is 1. The molecule has 1 N–H and O–H groups in total. The van der Waals surface area contributed by atoms with Crippen molar-refractivity contribution in [1.29, 1.82) is 0 Å². The Morgan fingerprint density at radius 3 is 2.35 bits per heavy atom. The maximum Gasteiger partial charge on any atom is 0.116 e. The molecule has 0 saturated heterocycles. The molecule has 0 saturated carbocycles. The van der Waals surface area contributed by atoms with Crippen LogP contribution in [0.25, 0.3) is 21.9 Å². The van der Waals surface area contributed by atoms with Gasteiger partial charge in [-0.3, -0.25) is 0 Å². The van der Waals surface area contributed by atoms with Crippen LogP contribution in [0.15, 0.2) is 66.7 Å². The molecule has 1 nitrogen and oxygen atoms in total. The molecular formula is C18H13ClO. The van der Waals surface area contributed by atoms with Crippen molar-refractivity contribution in [2.24, 2.45) is 0 Å². The molecule has 0 radical (unpaired) electrons. The van der Waals surface area contributed by atoms with E-state index in [9.17, 15) is 5.11 Å². The van der Waals surface area contributed by atoms with Crippen molar-refractivity contribution < 1.29 is 5.11 Å². The third kappa shape index (κ3) is 2.68. The Hall–Kier alpha value is -2.25. The van der Waals surface area contributed by atoms with Gasteiger partial charge in [0.2, 0.25) is 0 Å². The lowest BCUT2D eigenvalue weighted by molar-refractivity contribution is 0.476. The summed E-state index contributed by atoms with van der Waals surface area (Å²) >= 11 is 6.38. The van der Waals surface area contributed by atoms with Crippen LogP contribution in [-0.2, 0) is 0 Å². The normalized spacial score (nSPS) is 11.8. The van der Waals surface area contributed by atoms with E-state index in [0.29, 0.717) is 5.03 Å². The van der Waals surface area contributed by atoms with Crippen LogP contribution in [0.5, 0.6) is 5.75 Å². The highest BCUT2D eigenvalue weighted by Gasteiger charge is 2.01. The lowest BCUT2D eigenvalue weighted by Gasteiger charge is -2.04. The van der Waals surface area contributed by atoms with Crippen LogP contribution in [0, 0.1) is 0 Å². The average molecular weight is 281 g/mol. The van der Waals surface area contributed by atoms with Crippen molar-refractivity contribution in [3.05, 3.63) is 77.9 Å². The summed E-state index contributed by atoms with van der Waals surface area (Å²) in [7, 11) is 0. The molecular weight excluding hydrogens is 268 g/mol. The zero-order valence-electron chi connectivity index (χ0n) is 10.8. The molecule has 0 atom stereocenters. The van der Waals surface area contributed by atoms with E-state index >= 15 is 0 Å². The quantitative estimate of drug-likeness (QED) is 0.633. The largest absolute Gasteiger partial charge is 0.508 e. The number of phenols is 1. The molecule has 20 heavy (non-hydrogen) atoms. The topological polar surface area (TPSA) is 20.2 Å². The van der Waals surface area contributed by atoms with Gasteiger partial charge >= 0.3 is 0 Å². The molecule has 3 aromatic carbocycles. The molecule has 0 aliphatic carbocycles. The smallest absolute Gasteiger partial charge is 0.116 e. The minimum atomic E-state index is 0.274. The minimum Gasteiger partial charge on any atom is -0.508 e. The fraction of sp³-hybridized carbons (Fsp3) is 0. The first-order valence-electron chi connectivity index (χ1n) is 6.38. The summed E-state index contributed by atoms with van der Waals surface area (Å²) in [5.41, 5.74) is 2.04. The van der Waals surface area contributed by atoms with E-state index in [-0.39, 0.29) is 5.75 Å². The van der Waals surface area contributed by atoms with Gasteiger partial charge in [-0.2, -0.15) is 0 Å². The number of rotatable bonds is 2. The molecule has 0 heterocycles. The number of halogens is 1. The Morgan fingerprint density at radius 1 is 0.850 bits per heavy atom. The van der Waals surface area contributed by atoms with Gasteiger partial charge in [0.05, 0.1) is 0 Å². The first kappa shape index (κ1) is 12.8. The number of benzene rings is 3. The van der Waals surface area contributed by atoms with Gasteiger partial charge in [0.1, 0.15) is 5.75 Å². The first-order chi connectivity index (χ1) is 9.72. The number of fused-ring (bicyclic) bond motifs is 1. The van der Waals surface area contributed by atoms with Crippen LogP contribution in [0.3, 0.4) is 0 Å².